The molecule has 0 aliphatic carbocycles. The standard InChI is InChI=1S/C14H24N2OS/c1-6-10(2)9-18-12-8-7-11(15)13(16-12)17-14(3,4)5/h7-8,10H,6,9,15H2,1-5H3. The molecule has 0 bridgehead atoms. The van der Waals surface area contributed by atoms with Gasteiger partial charge in [0.25, 0.3) is 0 Å². The monoisotopic (exact) mass is 268 g/mol. The zero-order valence-electron chi connectivity index (χ0n) is 12.0. The highest BCUT2D eigenvalue weighted by atomic mass is 32.2. The molecule has 0 fully saturated rings. The number of nitrogen functional groups attached to an aromatic ring is 1. The maximum Gasteiger partial charge on any atom is 0.238 e. The van der Waals surface area contributed by atoms with Crippen molar-refractivity contribution in [1.29, 1.82) is 0 Å². The Kier molecular flexibility index (Phi) is 5.32. The van der Waals surface area contributed by atoms with E-state index in [4.69, 9.17) is 10.5 Å². The predicted octanol–water partition coefficient (Wildman–Crippen LogP) is 3.98. The van der Waals surface area contributed by atoms with E-state index in [2.05, 4.69) is 18.8 Å². The van der Waals surface area contributed by atoms with E-state index in [1.165, 1.54) is 6.42 Å². The van der Waals surface area contributed by atoms with Gasteiger partial charge in [-0.2, -0.15) is 0 Å². The van der Waals surface area contributed by atoms with Crippen LogP contribution in [0.15, 0.2) is 17.2 Å². The first kappa shape index (κ1) is 15.2. The summed E-state index contributed by atoms with van der Waals surface area (Å²) in [4.78, 5) is 4.48. The van der Waals surface area contributed by atoms with Gasteiger partial charge in [0.2, 0.25) is 5.88 Å². The largest absolute Gasteiger partial charge is 0.470 e. The zero-order valence-corrected chi connectivity index (χ0v) is 12.8. The lowest BCUT2D eigenvalue weighted by molar-refractivity contribution is 0.124. The summed E-state index contributed by atoms with van der Waals surface area (Å²) in [7, 11) is 0. The van der Waals surface area contributed by atoms with Gasteiger partial charge in [-0.15, -0.1) is 11.8 Å². The Morgan fingerprint density at radius 1 is 1.39 bits per heavy atom. The Hall–Kier alpha value is -0.900. The zero-order chi connectivity index (χ0) is 13.8. The minimum Gasteiger partial charge on any atom is -0.470 e. The molecule has 2 N–H and O–H groups in total. The molecule has 0 amide bonds. The van der Waals surface area contributed by atoms with Gasteiger partial charge in [-0.1, -0.05) is 20.3 Å². The van der Waals surface area contributed by atoms with E-state index in [1.54, 1.807) is 11.8 Å². The summed E-state index contributed by atoms with van der Waals surface area (Å²) in [5.74, 6) is 2.31. The first-order valence-electron chi connectivity index (χ1n) is 6.40. The van der Waals surface area contributed by atoms with Gasteiger partial charge in [-0.3, -0.25) is 0 Å². The SMILES string of the molecule is CCC(C)CSc1ccc(N)c(OC(C)(C)C)n1. The summed E-state index contributed by atoms with van der Waals surface area (Å²) in [5.41, 5.74) is 6.20. The Balaban J connectivity index is 2.74. The summed E-state index contributed by atoms with van der Waals surface area (Å²) >= 11 is 1.76. The van der Waals surface area contributed by atoms with Crippen molar-refractivity contribution < 1.29 is 4.74 Å². The van der Waals surface area contributed by atoms with E-state index in [1.807, 2.05) is 32.9 Å². The normalized spacial score (nSPS) is 13.4. The fourth-order valence-electron chi connectivity index (χ4n) is 1.23. The van der Waals surface area contributed by atoms with Crippen LogP contribution in [0, 0.1) is 5.92 Å². The Labute approximate surface area is 115 Å². The molecule has 18 heavy (non-hydrogen) atoms. The van der Waals surface area contributed by atoms with E-state index in [0.29, 0.717) is 17.5 Å². The molecule has 1 rings (SSSR count). The van der Waals surface area contributed by atoms with E-state index in [-0.39, 0.29) is 5.60 Å². The van der Waals surface area contributed by atoms with E-state index in [9.17, 15) is 0 Å². The predicted molar refractivity (Wildman–Crippen MR) is 79.2 cm³/mol. The number of pyridine rings is 1. The smallest absolute Gasteiger partial charge is 0.238 e. The van der Waals surface area contributed by atoms with Crippen LogP contribution in [-0.2, 0) is 0 Å². The van der Waals surface area contributed by atoms with Crippen LogP contribution >= 0.6 is 11.8 Å². The topological polar surface area (TPSA) is 48.1 Å². The molecule has 1 heterocycles. The molecule has 1 atom stereocenters. The molecular formula is C14H24N2OS. The van der Waals surface area contributed by atoms with Gasteiger partial charge in [-0.25, -0.2) is 4.98 Å². The quantitative estimate of drug-likeness (QED) is 0.821. The lowest BCUT2D eigenvalue weighted by Crippen LogP contribution is -2.24. The number of nitrogens with zero attached hydrogens (tertiary/aromatic N) is 1. The van der Waals surface area contributed by atoms with Crippen molar-refractivity contribution in [3.8, 4) is 5.88 Å². The molecule has 3 nitrogen and oxygen atoms in total. The highest BCUT2D eigenvalue weighted by Crippen LogP contribution is 2.28. The summed E-state index contributed by atoms with van der Waals surface area (Å²) in [6.07, 6.45) is 1.19. The number of aromatic nitrogens is 1. The first-order chi connectivity index (χ1) is 8.31. The van der Waals surface area contributed by atoms with Crippen molar-refractivity contribution in [1.82, 2.24) is 4.98 Å². The fourth-order valence-corrected chi connectivity index (χ4v) is 2.23. The minimum absolute atomic E-state index is 0.277. The number of rotatable bonds is 5. The molecule has 0 radical (unpaired) electrons. The van der Waals surface area contributed by atoms with Crippen LogP contribution in [0.4, 0.5) is 5.69 Å². The van der Waals surface area contributed by atoms with Gasteiger partial charge in [0.15, 0.2) is 0 Å². The average Bonchev–Trinajstić information content (AvgIpc) is 2.28. The summed E-state index contributed by atoms with van der Waals surface area (Å²) in [6.45, 7) is 10.4. The first-order valence-corrected chi connectivity index (χ1v) is 7.38. The van der Waals surface area contributed by atoms with Gasteiger partial charge < -0.3 is 10.5 Å². The average molecular weight is 268 g/mol. The molecule has 1 unspecified atom stereocenters. The second-order valence-electron chi connectivity index (χ2n) is 5.58. The molecule has 1 aromatic heterocycles. The molecule has 0 saturated heterocycles. The number of hydrogen-bond acceptors (Lipinski definition) is 4. The Bertz CT molecular complexity index is 388. The molecule has 102 valence electrons. The third-order valence-electron chi connectivity index (χ3n) is 2.48. The maximum absolute atomic E-state index is 5.88. The Morgan fingerprint density at radius 3 is 2.61 bits per heavy atom. The molecule has 0 aliphatic rings. The number of nitrogens with two attached hydrogens (primary N) is 1. The number of anilines is 1. The van der Waals surface area contributed by atoms with Crippen LogP contribution in [-0.4, -0.2) is 16.3 Å². The highest BCUT2D eigenvalue weighted by molar-refractivity contribution is 7.99. The van der Waals surface area contributed by atoms with Crippen LogP contribution in [0.25, 0.3) is 0 Å². The summed E-state index contributed by atoms with van der Waals surface area (Å²) in [6, 6.07) is 3.82. The van der Waals surface area contributed by atoms with Gasteiger partial charge in [-0.05, 0) is 38.8 Å². The van der Waals surface area contributed by atoms with Crippen molar-refractivity contribution in [2.75, 3.05) is 11.5 Å². The van der Waals surface area contributed by atoms with Crippen molar-refractivity contribution in [2.24, 2.45) is 5.92 Å². The van der Waals surface area contributed by atoms with Gasteiger partial charge in [0.05, 0.1) is 5.69 Å². The molecule has 1 aromatic rings. The van der Waals surface area contributed by atoms with Crippen LogP contribution in [0.3, 0.4) is 0 Å². The summed E-state index contributed by atoms with van der Waals surface area (Å²) < 4.78 is 5.76. The number of hydrogen-bond donors (Lipinski definition) is 1. The lowest BCUT2D eigenvalue weighted by Gasteiger charge is -2.21. The minimum atomic E-state index is -0.277. The van der Waals surface area contributed by atoms with Crippen molar-refractivity contribution >= 4 is 17.4 Å². The van der Waals surface area contributed by atoms with Gasteiger partial charge in [0.1, 0.15) is 10.6 Å². The van der Waals surface area contributed by atoms with Crippen molar-refractivity contribution in [2.45, 2.75) is 51.7 Å². The van der Waals surface area contributed by atoms with Gasteiger partial charge >= 0.3 is 0 Å². The third-order valence-corrected chi connectivity index (χ3v) is 3.74. The third kappa shape index (κ3) is 5.17. The second kappa shape index (κ2) is 6.32. The van der Waals surface area contributed by atoms with Gasteiger partial charge in [0, 0.05) is 5.75 Å². The van der Waals surface area contributed by atoms with Crippen LogP contribution in [0.5, 0.6) is 5.88 Å². The lowest BCUT2D eigenvalue weighted by atomic mass is 10.2. The van der Waals surface area contributed by atoms with E-state index in [0.717, 1.165) is 10.8 Å². The second-order valence-corrected chi connectivity index (χ2v) is 6.62. The van der Waals surface area contributed by atoms with Crippen LogP contribution < -0.4 is 10.5 Å². The molecule has 0 saturated carbocycles. The van der Waals surface area contributed by atoms with Crippen LogP contribution in [0.1, 0.15) is 41.0 Å². The highest BCUT2D eigenvalue weighted by Gasteiger charge is 2.15. The number of thioether (sulfide) groups is 1. The van der Waals surface area contributed by atoms with Crippen LogP contribution in [0.2, 0.25) is 0 Å². The van der Waals surface area contributed by atoms with E-state index < -0.39 is 0 Å². The number of ether oxygens (including phenoxy) is 1. The molecule has 0 aromatic carbocycles. The van der Waals surface area contributed by atoms with Crippen molar-refractivity contribution in [3.05, 3.63) is 12.1 Å². The molecule has 4 heteroatoms. The molecular weight excluding hydrogens is 244 g/mol. The summed E-state index contributed by atoms with van der Waals surface area (Å²) in [5, 5.41) is 0.976. The molecule has 0 spiro atoms. The van der Waals surface area contributed by atoms with E-state index >= 15 is 0 Å². The van der Waals surface area contributed by atoms with Crippen molar-refractivity contribution in [3.63, 3.8) is 0 Å². The maximum atomic E-state index is 5.88. The molecule has 0 aliphatic heterocycles. The Morgan fingerprint density at radius 2 is 2.06 bits per heavy atom. The fraction of sp³-hybridized carbons (Fsp3) is 0.643.